The molecule has 2 N–H and O–H groups in total. The van der Waals surface area contributed by atoms with Crippen LogP contribution in [0.1, 0.15) is 11.1 Å². The summed E-state index contributed by atoms with van der Waals surface area (Å²) < 4.78 is 5.39. The van der Waals surface area contributed by atoms with E-state index in [-0.39, 0.29) is 18.3 Å². The van der Waals surface area contributed by atoms with Crippen LogP contribution in [0.15, 0.2) is 47.6 Å². The minimum Gasteiger partial charge on any atom is -0.508 e. The molecule has 22 heavy (non-hydrogen) atoms. The van der Waals surface area contributed by atoms with Crippen LogP contribution in [-0.2, 0) is 4.79 Å². The Morgan fingerprint density at radius 1 is 1.32 bits per heavy atom. The third kappa shape index (κ3) is 4.79. The van der Waals surface area contributed by atoms with Crippen LogP contribution in [0.3, 0.4) is 0 Å². The number of nitrogens with one attached hydrogen (secondary N) is 1. The maximum Gasteiger partial charge on any atom is 0.277 e. The second-order valence-corrected chi connectivity index (χ2v) is 5.02. The summed E-state index contributed by atoms with van der Waals surface area (Å²) in [6.07, 6.45) is 1.48. The predicted octanol–water partition coefficient (Wildman–Crippen LogP) is 2.88. The lowest BCUT2D eigenvalue weighted by Crippen LogP contribution is -2.24. The van der Waals surface area contributed by atoms with E-state index >= 15 is 0 Å². The zero-order valence-electron chi connectivity index (χ0n) is 11.9. The van der Waals surface area contributed by atoms with Crippen molar-refractivity contribution in [1.29, 1.82) is 0 Å². The zero-order chi connectivity index (χ0) is 15.9. The van der Waals surface area contributed by atoms with Crippen molar-refractivity contribution in [2.75, 3.05) is 6.61 Å². The normalized spacial score (nSPS) is 10.6. The Kier molecular flexibility index (Phi) is 5.38. The molecule has 5 nitrogen and oxygen atoms in total. The summed E-state index contributed by atoms with van der Waals surface area (Å²) in [5.74, 6) is 0.402. The highest BCUT2D eigenvalue weighted by Crippen LogP contribution is 2.21. The molecule has 1 amide bonds. The van der Waals surface area contributed by atoms with Gasteiger partial charge in [-0.1, -0.05) is 11.6 Å². The van der Waals surface area contributed by atoms with Gasteiger partial charge in [0.05, 0.1) is 6.21 Å². The van der Waals surface area contributed by atoms with E-state index in [0.29, 0.717) is 10.8 Å². The highest BCUT2D eigenvalue weighted by Gasteiger charge is 2.04. The van der Waals surface area contributed by atoms with Crippen LogP contribution in [0.5, 0.6) is 11.5 Å². The summed E-state index contributed by atoms with van der Waals surface area (Å²) in [4.78, 5) is 11.6. The summed E-state index contributed by atoms with van der Waals surface area (Å²) in [5.41, 5.74) is 3.98. The molecule has 0 saturated heterocycles. The van der Waals surface area contributed by atoms with Crippen LogP contribution in [-0.4, -0.2) is 23.8 Å². The van der Waals surface area contributed by atoms with E-state index in [9.17, 15) is 4.79 Å². The number of aryl methyl sites for hydroxylation is 1. The van der Waals surface area contributed by atoms with Crippen molar-refractivity contribution in [3.63, 3.8) is 0 Å². The summed E-state index contributed by atoms with van der Waals surface area (Å²) in [6, 6.07) is 11.6. The SMILES string of the molecule is Cc1cc(Cl)ccc1OCC(=O)NN=Cc1ccc(O)cc1. The lowest BCUT2D eigenvalue weighted by Gasteiger charge is -2.08. The number of rotatable bonds is 5. The average molecular weight is 319 g/mol. The van der Waals surface area contributed by atoms with E-state index in [2.05, 4.69) is 10.5 Å². The van der Waals surface area contributed by atoms with Gasteiger partial charge >= 0.3 is 0 Å². The van der Waals surface area contributed by atoms with Crippen molar-refractivity contribution in [1.82, 2.24) is 5.43 Å². The Morgan fingerprint density at radius 2 is 2.05 bits per heavy atom. The van der Waals surface area contributed by atoms with E-state index in [4.69, 9.17) is 21.4 Å². The maximum atomic E-state index is 11.6. The highest BCUT2D eigenvalue weighted by atomic mass is 35.5. The highest BCUT2D eigenvalue weighted by molar-refractivity contribution is 6.30. The molecular weight excluding hydrogens is 304 g/mol. The monoisotopic (exact) mass is 318 g/mol. The Balaban J connectivity index is 1.81. The maximum absolute atomic E-state index is 11.6. The first-order valence-electron chi connectivity index (χ1n) is 6.54. The Bertz CT molecular complexity index is 684. The van der Waals surface area contributed by atoms with Gasteiger partial charge in [0, 0.05) is 5.02 Å². The van der Waals surface area contributed by atoms with Gasteiger partial charge in [-0.05, 0) is 60.5 Å². The number of carbonyl (C=O) groups excluding carboxylic acids is 1. The lowest BCUT2D eigenvalue weighted by molar-refractivity contribution is -0.123. The molecule has 0 fully saturated rings. The summed E-state index contributed by atoms with van der Waals surface area (Å²) in [5, 5.41) is 13.6. The van der Waals surface area contributed by atoms with Crippen molar-refractivity contribution in [3.05, 3.63) is 58.6 Å². The number of hydrogen-bond donors (Lipinski definition) is 2. The average Bonchev–Trinajstić information content (AvgIpc) is 2.48. The van der Waals surface area contributed by atoms with Gasteiger partial charge in [0.1, 0.15) is 11.5 Å². The van der Waals surface area contributed by atoms with Crippen molar-refractivity contribution < 1.29 is 14.6 Å². The van der Waals surface area contributed by atoms with Gasteiger partial charge in [-0.15, -0.1) is 0 Å². The molecule has 0 aromatic heterocycles. The number of phenols is 1. The largest absolute Gasteiger partial charge is 0.508 e. The number of hydrogen-bond acceptors (Lipinski definition) is 4. The number of amides is 1. The van der Waals surface area contributed by atoms with Crippen LogP contribution in [0, 0.1) is 6.92 Å². The molecular formula is C16H15ClN2O3. The Hall–Kier alpha value is -2.53. The van der Waals surface area contributed by atoms with Crippen LogP contribution >= 0.6 is 11.6 Å². The molecule has 114 valence electrons. The van der Waals surface area contributed by atoms with Gasteiger partial charge in [-0.2, -0.15) is 5.10 Å². The predicted molar refractivity (Wildman–Crippen MR) is 85.5 cm³/mol. The Morgan fingerprint density at radius 3 is 2.73 bits per heavy atom. The molecule has 0 unspecified atom stereocenters. The molecule has 2 aromatic rings. The summed E-state index contributed by atoms with van der Waals surface area (Å²) in [7, 11) is 0. The first kappa shape index (κ1) is 15.9. The van der Waals surface area contributed by atoms with Gasteiger partial charge in [0.2, 0.25) is 0 Å². The molecule has 0 aliphatic carbocycles. The van der Waals surface area contributed by atoms with Crippen molar-refractivity contribution >= 4 is 23.7 Å². The fourth-order valence-corrected chi connectivity index (χ4v) is 1.92. The fourth-order valence-electron chi connectivity index (χ4n) is 1.69. The molecule has 0 spiro atoms. The van der Waals surface area contributed by atoms with Gasteiger partial charge < -0.3 is 9.84 Å². The minimum atomic E-state index is -0.371. The quantitative estimate of drug-likeness (QED) is 0.658. The molecule has 0 aliphatic heterocycles. The second-order valence-electron chi connectivity index (χ2n) is 4.58. The molecule has 0 atom stereocenters. The number of ether oxygens (including phenoxy) is 1. The van der Waals surface area contributed by atoms with Crippen LogP contribution in [0.4, 0.5) is 0 Å². The molecule has 2 rings (SSSR count). The van der Waals surface area contributed by atoms with Crippen molar-refractivity contribution in [2.24, 2.45) is 5.10 Å². The second kappa shape index (κ2) is 7.47. The zero-order valence-corrected chi connectivity index (χ0v) is 12.7. The minimum absolute atomic E-state index is 0.143. The molecule has 0 bridgehead atoms. The van der Waals surface area contributed by atoms with E-state index in [1.54, 1.807) is 30.3 Å². The lowest BCUT2D eigenvalue weighted by atomic mass is 10.2. The van der Waals surface area contributed by atoms with Crippen molar-refractivity contribution in [2.45, 2.75) is 6.92 Å². The number of hydrazone groups is 1. The van der Waals surface area contributed by atoms with E-state index in [0.717, 1.165) is 11.1 Å². The molecule has 0 saturated carbocycles. The number of aromatic hydroxyl groups is 1. The topological polar surface area (TPSA) is 70.9 Å². The number of benzene rings is 2. The van der Waals surface area contributed by atoms with Crippen molar-refractivity contribution in [3.8, 4) is 11.5 Å². The standard InChI is InChI=1S/C16H15ClN2O3/c1-11-8-13(17)4-7-15(11)22-10-16(21)19-18-9-12-2-5-14(20)6-3-12/h2-9,20H,10H2,1H3,(H,19,21). The third-order valence-corrected chi connectivity index (χ3v) is 3.03. The number of nitrogens with zero attached hydrogens (tertiary/aromatic N) is 1. The number of phenolic OH excluding ortho intramolecular Hbond substituents is 1. The van der Waals surface area contributed by atoms with Crippen LogP contribution < -0.4 is 10.2 Å². The Labute approximate surface area is 133 Å². The number of halogens is 1. The molecule has 0 heterocycles. The molecule has 2 aromatic carbocycles. The van der Waals surface area contributed by atoms with Gasteiger partial charge in [-0.3, -0.25) is 4.79 Å². The number of carbonyl (C=O) groups is 1. The van der Waals surface area contributed by atoms with E-state index < -0.39 is 0 Å². The summed E-state index contributed by atoms with van der Waals surface area (Å²) >= 11 is 5.85. The van der Waals surface area contributed by atoms with E-state index in [1.165, 1.54) is 18.3 Å². The fraction of sp³-hybridized carbons (Fsp3) is 0.125. The first-order valence-corrected chi connectivity index (χ1v) is 6.92. The van der Waals surface area contributed by atoms with Crippen LogP contribution in [0.2, 0.25) is 5.02 Å². The van der Waals surface area contributed by atoms with Gasteiger partial charge in [0.25, 0.3) is 5.91 Å². The molecule has 0 radical (unpaired) electrons. The summed E-state index contributed by atoms with van der Waals surface area (Å²) in [6.45, 7) is 1.71. The van der Waals surface area contributed by atoms with Gasteiger partial charge in [-0.25, -0.2) is 5.43 Å². The molecule has 6 heteroatoms. The smallest absolute Gasteiger partial charge is 0.277 e. The van der Waals surface area contributed by atoms with Crippen LogP contribution in [0.25, 0.3) is 0 Å². The molecule has 0 aliphatic rings. The van der Waals surface area contributed by atoms with E-state index in [1.807, 2.05) is 6.92 Å². The third-order valence-electron chi connectivity index (χ3n) is 2.79. The first-order chi connectivity index (χ1) is 10.5. The van der Waals surface area contributed by atoms with Gasteiger partial charge in [0.15, 0.2) is 6.61 Å².